The fraction of sp³-hybridized carbons (Fsp3) is 0.476. The third-order valence-corrected chi connectivity index (χ3v) is 4.27. The molecule has 0 aliphatic rings. The zero-order valence-electron chi connectivity index (χ0n) is 18.1. The fourth-order valence-corrected chi connectivity index (χ4v) is 2.93. The molecule has 176 valence electrons. The summed E-state index contributed by atoms with van der Waals surface area (Å²) in [4.78, 5) is 60.5. The third kappa shape index (κ3) is 8.70. The van der Waals surface area contributed by atoms with Crippen LogP contribution < -0.4 is 10.6 Å². The van der Waals surface area contributed by atoms with E-state index in [1.54, 1.807) is 0 Å². The number of hydrogen-bond donors (Lipinski definition) is 3. The van der Waals surface area contributed by atoms with Gasteiger partial charge in [-0.25, -0.2) is 9.18 Å². The molecule has 32 heavy (non-hydrogen) atoms. The molecule has 3 atom stereocenters. The minimum Gasteiger partial charge on any atom is -0.480 e. The molecule has 0 aliphatic carbocycles. The van der Waals surface area contributed by atoms with E-state index in [0.717, 1.165) is 6.92 Å². The second kappa shape index (κ2) is 13.0. The Labute approximate surface area is 184 Å². The first kappa shape index (κ1) is 26.5. The van der Waals surface area contributed by atoms with Crippen LogP contribution in [0.5, 0.6) is 0 Å². The molecule has 0 aliphatic heterocycles. The van der Waals surface area contributed by atoms with Gasteiger partial charge in [-0.3, -0.25) is 19.2 Å². The van der Waals surface area contributed by atoms with Crippen LogP contribution in [0.1, 0.15) is 32.8 Å². The van der Waals surface area contributed by atoms with E-state index in [0.29, 0.717) is 5.56 Å². The highest BCUT2D eigenvalue weighted by Crippen LogP contribution is 2.15. The molecule has 1 aromatic carbocycles. The molecule has 0 heterocycles. The molecule has 0 spiro atoms. The molecule has 1 rings (SSSR count). The Morgan fingerprint density at radius 1 is 1.06 bits per heavy atom. The van der Waals surface area contributed by atoms with Gasteiger partial charge in [0.2, 0.25) is 11.8 Å². The van der Waals surface area contributed by atoms with Crippen molar-refractivity contribution < 1.29 is 42.9 Å². The quantitative estimate of drug-likeness (QED) is 0.388. The largest absolute Gasteiger partial charge is 0.480 e. The summed E-state index contributed by atoms with van der Waals surface area (Å²) in [6.45, 7) is 4.13. The zero-order valence-corrected chi connectivity index (χ0v) is 18.1. The highest BCUT2D eigenvalue weighted by molar-refractivity contribution is 5.93. The van der Waals surface area contributed by atoms with Crippen LogP contribution in [-0.2, 0) is 39.9 Å². The van der Waals surface area contributed by atoms with Gasteiger partial charge in [0.25, 0.3) is 0 Å². The monoisotopic (exact) mass is 454 g/mol. The van der Waals surface area contributed by atoms with Crippen LogP contribution in [0.3, 0.4) is 0 Å². The molecule has 0 radical (unpaired) electrons. The van der Waals surface area contributed by atoms with Gasteiger partial charge in [0.05, 0.1) is 25.6 Å². The molecule has 0 bridgehead atoms. The fourth-order valence-electron chi connectivity index (χ4n) is 2.93. The molecule has 0 saturated heterocycles. The van der Waals surface area contributed by atoms with Crippen molar-refractivity contribution in [3.05, 3.63) is 35.6 Å². The van der Waals surface area contributed by atoms with E-state index in [4.69, 9.17) is 9.47 Å². The van der Waals surface area contributed by atoms with Gasteiger partial charge in [-0.2, -0.15) is 0 Å². The Balaban J connectivity index is 3.14. The van der Waals surface area contributed by atoms with Crippen LogP contribution in [0.15, 0.2) is 24.3 Å². The lowest BCUT2D eigenvalue weighted by Gasteiger charge is -2.25. The molecule has 0 fully saturated rings. The van der Waals surface area contributed by atoms with Gasteiger partial charge in [0.15, 0.2) is 0 Å². The van der Waals surface area contributed by atoms with Gasteiger partial charge < -0.3 is 25.2 Å². The van der Waals surface area contributed by atoms with E-state index in [1.165, 1.54) is 38.1 Å². The molecule has 0 saturated carbocycles. The smallest absolute Gasteiger partial charge is 0.327 e. The number of amides is 2. The summed E-state index contributed by atoms with van der Waals surface area (Å²) in [6, 6.07) is 2.22. The normalized spacial score (nSPS) is 13.2. The van der Waals surface area contributed by atoms with Gasteiger partial charge in [0, 0.05) is 13.3 Å². The number of carbonyl (C=O) groups excluding carboxylic acids is 4. The van der Waals surface area contributed by atoms with Gasteiger partial charge in [-0.15, -0.1) is 0 Å². The minimum absolute atomic E-state index is 0.0106. The summed E-state index contributed by atoms with van der Waals surface area (Å²) >= 11 is 0. The topological polar surface area (TPSA) is 148 Å². The Morgan fingerprint density at radius 3 is 2.25 bits per heavy atom. The summed E-state index contributed by atoms with van der Waals surface area (Å²) < 4.78 is 23.1. The minimum atomic E-state index is -1.84. The maximum atomic E-state index is 13.5. The summed E-state index contributed by atoms with van der Waals surface area (Å²) in [7, 11) is 0. The van der Waals surface area contributed by atoms with Crippen molar-refractivity contribution in [2.24, 2.45) is 5.92 Å². The van der Waals surface area contributed by atoms with Gasteiger partial charge in [-0.05, 0) is 31.5 Å². The van der Waals surface area contributed by atoms with Crippen LogP contribution in [-0.4, -0.2) is 60.1 Å². The summed E-state index contributed by atoms with van der Waals surface area (Å²) in [5.41, 5.74) is 0.374. The van der Waals surface area contributed by atoms with Gasteiger partial charge in [-0.1, -0.05) is 12.1 Å². The van der Waals surface area contributed by atoms with Crippen LogP contribution >= 0.6 is 0 Å². The van der Waals surface area contributed by atoms with E-state index in [9.17, 15) is 33.5 Å². The second-order valence-electron chi connectivity index (χ2n) is 6.78. The van der Waals surface area contributed by atoms with E-state index in [1.807, 2.05) is 0 Å². The highest BCUT2D eigenvalue weighted by Gasteiger charge is 2.39. The number of carbonyl (C=O) groups is 5. The number of benzene rings is 1. The Bertz CT molecular complexity index is 845. The number of halogens is 1. The third-order valence-electron chi connectivity index (χ3n) is 4.27. The molecule has 11 heteroatoms. The average molecular weight is 454 g/mol. The standard InChI is InChI=1S/C21H27FN2O8/c1-4-31-17(26)11-15(21(30)32-5-2)18(20(28)29)24-19(27)16(23-12(3)25)10-13-7-6-8-14(22)9-13/h6-9,15-16,18H,4-5,10-11H2,1-3H3,(H,23,25)(H,24,27)(H,28,29)/t15-,16+,18+/m1/s1. The zero-order chi connectivity index (χ0) is 24.3. The SMILES string of the molecule is CCOC(=O)C[C@@H](C(=O)OCC)[C@H](NC(=O)[C@H](Cc1cccc(F)c1)NC(C)=O)C(=O)O. The molecule has 1 aromatic rings. The number of nitrogens with one attached hydrogen (secondary N) is 2. The van der Waals surface area contributed by atoms with E-state index < -0.39 is 60.0 Å². The summed E-state index contributed by atoms with van der Waals surface area (Å²) in [5, 5.41) is 14.2. The Morgan fingerprint density at radius 2 is 1.72 bits per heavy atom. The van der Waals surface area contributed by atoms with Crippen molar-refractivity contribution in [2.75, 3.05) is 13.2 Å². The Kier molecular flexibility index (Phi) is 10.8. The maximum absolute atomic E-state index is 13.5. The van der Waals surface area contributed by atoms with E-state index in [2.05, 4.69) is 10.6 Å². The van der Waals surface area contributed by atoms with Gasteiger partial charge in [0.1, 0.15) is 17.9 Å². The van der Waals surface area contributed by atoms with Crippen molar-refractivity contribution >= 4 is 29.7 Å². The lowest BCUT2D eigenvalue weighted by molar-refractivity contribution is -0.160. The Hall–Kier alpha value is -3.50. The van der Waals surface area contributed by atoms with E-state index >= 15 is 0 Å². The van der Waals surface area contributed by atoms with Crippen molar-refractivity contribution in [3.8, 4) is 0 Å². The van der Waals surface area contributed by atoms with Crippen LogP contribution in [0, 0.1) is 11.7 Å². The lowest BCUT2D eigenvalue weighted by atomic mass is 9.95. The van der Waals surface area contributed by atoms with Crippen molar-refractivity contribution in [1.29, 1.82) is 0 Å². The molecule has 3 N–H and O–H groups in total. The lowest BCUT2D eigenvalue weighted by Crippen LogP contribution is -2.55. The number of carboxylic acid groups (broad SMARTS) is 1. The number of carboxylic acids is 1. The molecular weight excluding hydrogens is 427 g/mol. The average Bonchev–Trinajstić information content (AvgIpc) is 2.69. The summed E-state index contributed by atoms with van der Waals surface area (Å²) in [5.74, 6) is -7.07. The van der Waals surface area contributed by atoms with Crippen molar-refractivity contribution in [3.63, 3.8) is 0 Å². The molecule has 0 unspecified atom stereocenters. The molecule has 10 nitrogen and oxygen atoms in total. The van der Waals surface area contributed by atoms with E-state index in [-0.39, 0.29) is 19.6 Å². The first-order valence-electron chi connectivity index (χ1n) is 9.95. The molecule has 0 aromatic heterocycles. The van der Waals surface area contributed by atoms with Crippen LogP contribution in [0.4, 0.5) is 4.39 Å². The first-order chi connectivity index (χ1) is 15.1. The van der Waals surface area contributed by atoms with Crippen molar-refractivity contribution in [2.45, 2.75) is 45.7 Å². The summed E-state index contributed by atoms with van der Waals surface area (Å²) in [6.07, 6.45) is -0.782. The van der Waals surface area contributed by atoms with Crippen LogP contribution in [0.2, 0.25) is 0 Å². The number of hydrogen-bond acceptors (Lipinski definition) is 7. The number of esters is 2. The molecular formula is C21H27FN2O8. The number of rotatable bonds is 12. The first-order valence-corrected chi connectivity index (χ1v) is 9.95. The van der Waals surface area contributed by atoms with Gasteiger partial charge >= 0.3 is 17.9 Å². The highest BCUT2D eigenvalue weighted by atomic mass is 19.1. The second-order valence-corrected chi connectivity index (χ2v) is 6.78. The van der Waals surface area contributed by atoms with Crippen molar-refractivity contribution in [1.82, 2.24) is 10.6 Å². The number of aliphatic carboxylic acids is 1. The predicted octanol–water partition coefficient (Wildman–Crippen LogP) is 0.575. The number of ether oxygens (including phenoxy) is 2. The predicted molar refractivity (Wildman–Crippen MR) is 109 cm³/mol. The van der Waals surface area contributed by atoms with Crippen LogP contribution in [0.25, 0.3) is 0 Å². The maximum Gasteiger partial charge on any atom is 0.327 e. The molecule has 2 amide bonds.